The molecule has 4 atom stereocenters. The van der Waals surface area contributed by atoms with Crippen molar-refractivity contribution in [1.82, 2.24) is 15.5 Å². The summed E-state index contributed by atoms with van der Waals surface area (Å²) in [6, 6.07) is 0.323. The number of nitrogens with zero attached hydrogens (tertiary/aromatic N) is 2. The molecule has 1 aliphatic rings. The number of amides is 1. The van der Waals surface area contributed by atoms with Crippen LogP contribution in [0.5, 0.6) is 0 Å². The van der Waals surface area contributed by atoms with Crippen LogP contribution in [0.25, 0.3) is 0 Å². The second-order valence-electron chi connectivity index (χ2n) is 7.69. The van der Waals surface area contributed by atoms with Crippen LogP contribution in [0.1, 0.15) is 66.2 Å². The van der Waals surface area contributed by atoms with Crippen molar-refractivity contribution in [2.24, 2.45) is 17.8 Å². The first-order chi connectivity index (χ1) is 12.5. The Labute approximate surface area is 166 Å². The van der Waals surface area contributed by atoms with Gasteiger partial charge in [-0.15, -0.1) is 10.2 Å². The van der Waals surface area contributed by atoms with Crippen LogP contribution >= 0.6 is 23.1 Å². The minimum Gasteiger partial charge on any atom is -0.360 e. The number of hydrogen-bond donors (Lipinski definition) is 2. The van der Waals surface area contributed by atoms with E-state index in [-0.39, 0.29) is 5.91 Å². The lowest BCUT2D eigenvalue weighted by atomic mass is 9.78. The van der Waals surface area contributed by atoms with Gasteiger partial charge in [-0.25, -0.2) is 0 Å². The van der Waals surface area contributed by atoms with Crippen molar-refractivity contribution < 1.29 is 4.79 Å². The molecule has 1 aromatic rings. The van der Waals surface area contributed by atoms with Crippen LogP contribution in [0.15, 0.2) is 4.34 Å². The second kappa shape index (κ2) is 11.1. The molecular formula is C19H34N4OS2. The fourth-order valence-electron chi connectivity index (χ4n) is 3.35. The number of carbonyl (C=O) groups excluding carboxylic acids is 1. The third-order valence-electron chi connectivity index (χ3n) is 5.63. The average molecular weight is 399 g/mol. The Morgan fingerprint density at radius 2 is 2.15 bits per heavy atom. The van der Waals surface area contributed by atoms with Gasteiger partial charge in [0.25, 0.3) is 0 Å². The van der Waals surface area contributed by atoms with E-state index in [1.807, 2.05) is 0 Å². The molecule has 0 aromatic carbocycles. The first-order valence-corrected chi connectivity index (χ1v) is 11.8. The van der Waals surface area contributed by atoms with E-state index < -0.39 is 0 Å². The number of hydrogen-bond acceptors (Lipinski definition) is 6. The van der Waals surface area contributed by atoms with E-state index in [9.17, 15) is 4.79 Å². The lowest BCUT2D eigenvalue weighted by molar-refractivity contribution is -0.119. The highest BCUT2D eigenvalue weighted by Crippen LogP contribution is 2.30. The maximum absolute atomic E-state index is 12.3. The topological polar surface area (TPSA) is 66.9 Å². The Balaban J connectivity index is 1.66. The SMILES string of the molecule is CC[C@H](C)CCCNc1nnc(SCC(=O)N[C@@H]2CCC[C@H](C)[C@H]2C)s1. The number of carbonyl (C=O) groups is 1. The highest BCUT2D eigenvalue weighted by molar-refractivity contribution is 8.01. The molecule has 5 nitrogen and oxygen atoms in total. The van der Waals surface area contributed by atoms with Gasteiger partial charge in [0.2, 0.25) is 11.0 Å². The molecule has 148 valence electrons. The summed E-state index contributed by atoms with van der Waals surface area (Å²) in [5.74, 6) is 2.56. The van der Waals surface area contributed by atoms with Crippen LogP contribution < -0.4 is 10.6 Å². The summed E-state index contributed by atoms with van der Waals surface area (Å²) in [5, 5.41) is 15.8. The van der Waals surface area contributed by atoms with Crippen molar-refractivity contribution in [3.63, 3.8) is 0 Å². The molecule has 2 N–H and O–H groups in total. The minimum absolute atomic E-state index is 0.110. The zero-order valence-corrected chi connectivity index (χ0v) is 18.2. The summed E-state index contributed by atoms with van der Waals surface area (Å²) in [5.41, 5.74) is 0. The van der Waals surface area contributed by atoms with E-state index in [2.05, 4.69) is 48.5 Å². The fourth-order valence-corrected chi connectivity index (χ4v) is 4.94. The van der Waals surface area contributed by atoms with E-state index >= 15 is 0 Å². The zero-order chi connectivity index (χ0) is 18.9. The Bertz CT molecular complexity index is 551. The molecule has 0 aliphatic heterocycles. The Morgan fingerprint density at radius 3 is 2.92 bits per heavy atom. The molecule has 0 radical (unpaired) electrons. The molecule has 2 rings (SSSR count). The number of aromatic nitrogens is 2. The lowest BCUT2D eigenvalue weighted by Crippen LogP contribution is -2.44. The van der Waals surface area contributed by atoms with Gasteiger partial charge in [0, 0.05) is 12.6 Å². The van der Waals surface area contributed by atoms with Gasteiger partial charge >= 0.3 is 0 Å². The normalized spacial score (nSPS) is 24.2. The van der Waals surface area contributed by atoms with Crippen LogP contribution in [-0.4, -0.2) is 34.4 Å². The highest BCUT2D eigenvalue weighted by Gasteiger charge is 2.28. The summed E-state index contributed by atoms with van der Waals surface area (Å²) in [4.78, 5) is 12.3. The quantitative estimate of drug-likeness (QED) is 0.437. The number of rotatable bonds is 10. The lowest BCUT2D eigenvalue weighted by Gasteiger charge is -2.34. The summed E-state index contributed by atoms with van der Waals surface area (Å²) in [6.45, 7) is 10.0. The number of anilines is 1. The van der Waals surface area contributed by atoms with Crippen LogP contribution in [0.2, 0.25) is 0 Å². The monoisotopic (exact) mass is 398 g/mol. The van der Waals surface area contributed by atoms with Gasteiger partial charge in [-0.1, -0.05) is 70.1 Å². The molecule has 0 saturated heterocycles. The van der Waals surface area contributed by atoms with E-state index in [0.717, 1.165) is 34.8 Å². The van der Waals surface area contributed by atoms with Crippen molar-refractivity contribution >= 4 is 34.1 Å². The Hall–Kier alpha value is -0.820. The van der Waals surface area contributed by atoms with Gasteiger partial charge < -0.3 is 10.6 Å². The minimum atomic E-state index is 0.110. The van der Waals surface area contributed by atoms with Gasteiger partial charge in [0.15, 0.2) is 4.34 Å². The largest absolute Gasteiger partial charge is 0.360 e. The molecule has 1 aromatic heterocycles. The molecular weight excluding hydrogens is 364 g/mol. The van der Waals surface area contributed by atoms with Crippen molar-refractivity contribution in [1.29, 1.82) is 0 Å². The van der Waals surface area contributed by atoms with E-state index in [4.69, 9.17) is 0 Å². The third kappa shape index (κ3) is 7.06. The highest BCUT2D eigenvalue weighted by atomic mass is 32.2. The Kier molecular flexibility index (Phi) is 9.19. The molecule has 1 amide bonds. The van der Waals surface area contributed by atoms with Gasteiger partial charge in [0.1, 0.15) is 0 Å². The fraction of sp³-hybridized carbons (Fsp3) is 0.842. The first-order valence-electron chi connectivity index (χ1n) is 9.99. The summed E-state index contributed by atoms with van der Waals surface area (Å²) in [6.07, 6.45) is 7.22. The van der Waals surface area contributed by atoms with Gasteiger partial charge in [-0.05, 0) is 37.0 Å². The van der Waals surface area contributed by atoms with E-state index in [1.165, 1.54) is 48.8 Å². The van der Waals surface area contributed by atoms with Gasteiger partial charge in [0.05, 0.1) is 5.75 Å². The van der Waals surface area contributed by atoms with Crippen LogP contribution in [0.3, 0.4) is 0 Å². The Morgan fingerprint density at radius 1 is 1.35 bits per heavy atom. The van der Waals surface area contributed by atoms with Crippen molar-refractivity contribution in [3.05, 3.63) is 0 Å². The predicted molar refractivity (Wildman–Crippen MR) is 112 cm³/mol. The summed E-state index contributed by atoms with van der Waals surface area (Å²) >= 11 is 3.02. The molecule has 0 bridgehead atoms. The number of nitrogens with one attached hydrogen (secondary N) is 2. The van der Waals surface area contributed by atoms with E-state index in [1.54, 1.807) is 0 Å². The third-order valence-corrected chi connectivity index (χ3v) is 7.65. The molecule has 7 heteroatoms. The predicted octanol–water partition coefficient (Wildman–Crippen LogP) is 4.81. The second-order valence-corrected chi connectivity index (χ2v) is 9.89. The number of thioether (sulfide) groups is 1. The van der Waals surface area contributed by atoms with Crippen molar-refractivity contribution in [3.8, 4) is 0 Å². The summed E-state index contributed by atoms with van der Waals surface area (Å²) < 4.78 is 0.856. The summed E-state index contributed by atoms with van der Waals surface area (Å²) in [7, 11) is 0. The van der Waals surface area contributed by atoms with Gasteiger partial charge in [-0.2, -0.15) is 0 Å². The van der Waals surface area contributed by atoms with E-state index in [0.29, 0.717) is 23.6 Å². The molecule has 1 aliphatic carbocycles. The molecule has 1 saturated carbocycles. The molecule has 0 unspecified atom stereocenters. The zero-order valence-electron chi connectivity index (χ0n) is 16.6. The smallest absolute Gasteiger partial charge is 0.230 e. The molecule has 1 heterocycles. The standard InChI is InChI=1S/C19H34N4OS2/c1-5-13(2)8-7-11-20-18-22-23-19(26-18)25-12-17(24)21-16-10-6-9-14(3)15(16)4/h13-16H,5-12H2,1-4H3,(H,20,22)(H,21,24)/t13-,14-,15+,16+/m0/s1. The average Bonchev–Trinajstić information content (AvgIpc) is 3.08. The van der Waals surface area contributed by atoms with Crippen molar-refractivity contribution in [2.45, 2.75) is 76.6 Å². The maximum atomic E-state index is 12.3. The molecule has 26 heavy (non-hydrogen) atoms. The molecule has 0 spiro atoms. The maximum Gasteiger partial charge on any atom is 0.230 e. The first kappa shape index (κ1) is 21.5. The van der Waals surface area contributed by atoms with Crippen LogP contribution in [-0.2, 0) is 4.79 Å². The van der Waals surface area contributed by atoms with Crippen molar-refractivity contribution in [2.75, 3.05) is 17.6 Å². The van der Waals surface area contributed by atoms with Crippen LogP contribution in [0, 0.1) is 17.8 Å². The molecule has 1 fully saturated rings. The van der Waals surface area contributed by atoms with Gasteiger partial charge in [-0.3, -0.25) is 4.79 Å². The van der Waals surface area contributed by atoms with Crippen LogP contribution in [0.4, 0.5) is 5.13 Å².